The number of ketones is 3. The van der Waals surface area contributed by atoms with Crippen LogP contribution >= 0.6 is 0 Å². The SMILES string of the molecule is CCC=CCC=CCC=CCCCCCCCC(=O)C(C=O)(C(=O)CCCCCCCCCCCCCCC)C(CCCCC/C=C\C/C=C\C/C=C\CC)C(=O)CCCCCCCCCCCCCCC. The Morgan fingerprint density at radius 2 is 0.597 bits per heavy atom. The van der Waals surface area contributed by atoms with Crippen LogP contribution in [0.5, 0.6) is 0 Å². The second-order valence-electron chi connectivity index (χ2n) is 21.4. The Bertz CT molecular complexity index is 1410. The van der Waals surface area contributed by atoms with Gasteiger partial charge in [-0.3, -0.25) is 14.4 Å². The first-order valence-electron chi connectivity index (χ1n) is 31.4. The van der Waals surface area contributed by atoms with Crippen LogP contribution in [0.2, 0.25) is 0 Å². The van der Waals surface area contributed by atoms with Gasteiger partial charge in [0.15, 0.2) is 17.0 Å². The highest BCUT2D eigenvalue weighted by Gasteiger charge is 2.52. The van der Waals surface area contributed by atoms with Crippen molar-refractivity contribution in [3.63, 3.8) is 0 Å². The van der Waals surface area contributed by atoms with Crippen LogP contribution < -0.4 is 0 Å². The summed E-state index contributed by atoms with van der Waals surface area (Å²) >= 11 is 0. The Balaban J connectivity index is 5.74. The smallest absolute Gasteiger partial charge is 0.154 e. The quantitative estimate of drug-likeness (QED) is 0.0263. The van der Waals surface area contributed by atoms with Crippen molar-refractivity contribution >= 4 is 23.6 Å². The average Bonchev–Trinajstić information content (AvgIpc) is 3.38. The molecule has 0 aromatic rings. The molecular weight excluding hydrogens is 881 g/mol. The van der Waals surface area contributed by atoms with Gasteiger partial charge in [0.1, 0.15) is 12.1 Å². The van der Waals surface area contributed by atoms with E-state index in [1.54, 1.807) is 0 Å². The lowest BCUT2D eigenvalue weighted by atomic mass is 9.64. The molecule has 0 saturated heterocycles. The van der Waals surface area contributed by atoms with Crippen molar-refractivity contribution in [2.24, 2.45) is 11.3 Å². The molecular formula is C68H118O4. The lowest BCUT2D eigenvalue weighted by molar-refractivity contribution is -0.153. The molecule has 4 nitrogen and oxygen atoms in total. The molecule has 0 aromatic heterocycles. The lowest BCUT2D eigenvalue weighted by Crippen LogP contribution is -2.50. The Labute approximate surface area is 448 Å². The molecule has 0 aliphatic carbocycles. The second kappa shape index (κ2) is 55.9. The number of hydrogen-bond acceptors (Lipinski definition) is 4. The zero-order valence-electron chi connectivity index (χ0n) is 48.2. The topological polar surface area (TPSA) is 68.3 Å². The third-order valence-electron chi connectivity index (χ3n) is 14.8. The van der Waals surface area contributed by atoms with Gasteiger partial charge < -0.3 is 4.79 Å². The fraction of sp³-hybridized carbons (Fsp3) is 0.765. The molecule has 0 heterocycles. The molecule has 4 heteroatoms. The lowest BCUT2D eigenvalue weighted by Gasteiger charge is -2.33. The highest BCUT2D eigenvalue weighted by molar-refractivity contribution is 6.21. The Kier molecular flexibility index (Phi) is 53.6. The number of carbonyl (C=O) groups is 4. The second-order valence-corrected chi connectivity index (χ2v) is 21.4. The first-order valence-corrected chi connectivity index (χ1v) is 31.4. The summed E-state index contributed by atoms with van der Waals surface area (Å²) in [6.45, 7) is 8.85. The van der Waals surface area contributed by atoms with Gasteiger partial charge in [-0.25, -0.2) is 0 Å². The minimum absolute atomic E-state index is 0.0328. The first-order chi connectivity index (χ1) is 35.5. The highest BCUT2D eigenvalue weighted by Crippen LogP contribution is 2.38. The largest absolute Gasteiger partial charge is 0.302 e. The molecule has 0 spiro atoms. The van der Waals surface area contributed by atoms with Crippen molar-refractivity contribution in [3.8, 4) is 0 Å². The van der Waals surface area contributed by atoms with E-state index in [4.69, 9.17) is 0 Å². The molecule has 0 aliphatic rings. The van der Waals surface area contributed by atoms with E-state index < -0.39 is 11.3 Å². The molecule has 0 amide bonds. The Morgan fingerprint density at radius 1 is 0.319 bits per heavy atom. The minimum atomic E-state index is -1.85. The molecule has 0 saturated carbocycles. The van der Waals surface area contributed by atoms with Gasteiger partial charge in [-0.1, -0.05) is 287 Å². The van der Waals surface area contributed by atoms with E-state index >= 15 is 0 Å². The van der Waals surface area contributed by atoms with Crippen LogP contribution in [0.4, 0.5) is 0 Å². The van der Waals surface area contributed by atoms with Crippen LogP contribution in [0.15, 0.2) is 72.9 Å². The average molecular weight is 1000 g/mol. The van der Waals surface area contributed by atoms with Crippen LogP contribution in [-0.2, 0) is 19.2 Å². The van der Waals surface area contributed by atoms with Gasteiger partial charge in [-0.05, 0) is 89.9 Å². The van der Waals surface area contributed by atoms with E-state index in [9.17, 15) is 19.2 Å². The normalized spacial score (nSPS) is 13.6. The molecule has 414 valence electrons. The van der Waals surface area contributed by atoms with E-state index in [-0.39, 0.29) is 30.2 Å². The number of hydrogen-bond donors (Lipinski definition) is 0. The van der Waals surface area contributed by atoms with Gasteiger partial charge in [0.2, 0.25) is 0 Å². The molecule has 0 rings (SSSR count). The maximum atomic E-state index is 14.6. The number of allylic oxidation sites excluding steroid dienone is 12. The summed E-state index contributed by atoms with van der Waals surface area (Å²) in [5, 5.41) is 0. The van der Waals surface area contributed by atoms with E-state index in [1.807, 2.05) is 0 Å². The maximum absolute atomic E-state index is 14.6. The van der Waals surface area contributed by atoms with E-state index in [0.29, 0.717) is 32.0 Å². The number of unbranched alkanes of at least 4 members (excludes halogenated alkanes) is 32. The summed E-state index contributed by atoms with van der Waals surface area (Å²) in [5.74, 6) is -1.46. The third kappa shape index (κ3) is 41.5. The van der Waals surface area contributed by atoms with Gasteiger partial charge in [0.05, 0.1) is 0 Å². The fourth-order valence-electron chi connectivity index (χ4n) is 10.1. The van der Waals surface area contributed by atoms with Crippen LogP contribution in [-0.4, -0.2) is 23.6 Å². The number of Topliss-reactive ketones (excluding diaryl/α,β-unsaturated/α-hetero) is 3. The first kappa shape index (κ1) is 69.1. The van der Waals surface area contributed by atoms with E-state index in [2.05, 4.69) is 101 Å². The van der Waals surface area contributed by atoms with Crippen LogP contribution in [0.1, 0.15) is 323 Å². The summed E-state index contributed by atoms with van der Waals surface area (Å²) in [6, 6.07) is 0. The maximum Gasteiger partial charge on any atom is 0.154 e. The Hall–Kier alpha value is -2.88. The van der Waals surface area contributed by atoms with Gasteiger partial charge in [0, 0.05) is 25.2 Å². The molecule has 0 fully saturated rings. The molecule has 2 atom stereocenters. The van der Waals surface area contributed by atoms with E-state index in [0.717, 1.165) is 135 Å². The van der Waals surface area contributed by atoms with Gasteiger partial charge in [0.25, 0.3) is 0 Å². The third-order valence-corrected chi connectivity index (χ3v) is 14.8. The fourth-order valence-corrected chi connectivity index (χ4v) is 10.1. The minimum Gasteiger partial charge on any atom is -0.302 e. The molecule has 0 N–H and O–H groups in total. The standard InChI is InChI=1S/C68H118O4/c1-5-9-13-17-21-25-29-33-34-38-42-46-50-54-58-62-67(72)68(63-69,66(71)61-57-53-49-45-41-37-32-28-24-20-16-12-8-4)64(59-55-51-47-43-39-35-30-26-22-18-14-10-6-2)65(70)60-56-52-48-44-40-36-31-27-23-19-15-11-7-3/h9-10,13-14,21-22,25-26,33-35,39,63-64H,5-8,11-12,15-20,23-24,27-32,36-38,40-62H2,1-4H3/b13-9?,14-10-,25-21?,26-22-,34-33?,39-35-. The van der Waals surface area contributed by atoms with Crippen molar-refractivity contribution in [1.82, 2.24) is 0 Å². The Morgan fingerprint density at radius 3 is 0.931 bits per heavy atom. The zero-order chi connectivity index (χ0) is 52.5. The van der Waals surface area contributed by atoms with Gasteiger partial charge in [-0.2, -0.15) is 0 Å². The van der Waals surface area contributed by atoms with Crippen LogP contribution in [0.3, 0.4) is 0 Å². The summed E-state index contributed by atoms with van der Waals surface area (Å²) in [4.78, 5) is 57.4. The van der Waals surface area contributed by atoms with Gasteiger partial charge in [-0.15, -0.1) is 0 Å². The summed E-state index contributed by atoms with van der Waals surface area (Å²) < 4.78 is 0. The summed E-state index contributed by atoms with van der Waals surface area (Å²) in [5.41, 5.74) is -1.85. The summed E-state index contributed by atoms with van der Waals surface area (Å²) in [6.07, 6.45) is 75.6. The molecule has 0 aliphatic heterocycles. The molecule has 0 bridgehead atoms. The summed E-state index contributed by atoms with van der Waals surface area (Å²) in [7, 11) is 0. The van der Waals surface area contributed by atoms with Crippen molar-refractivity contribution in [3.05, 3.63) is 72.9 Å². The van der Waals surface area contributed by atoms with Crippen molar-refractivity contribution < 1.29 is 19.2 Å². The monoisotopic (exact) mass is 999 g/mol. The van der Waals surface area contributed by atoms with Crippen molar-refractivity contribution in [2.45, 2.75) is 323 Å². The predicted molar refractivity (Wildman–Crippen MR) is 317 cm³/mol. The van der Waals surface area contributed by atoms with E-state index in [1.165, 1.54) is 122 Å². The van der Waals surface area contributed by atoms with Crippen LogP contribution in [0, 0.1) is 11.3 Å². The molecule has 0 aromatic carbocycles. The van der Waals surface area contributed by atoms with Crippen molar-refractivity contribution in [2.75, 3.05) is 0 Å². The predicted octanol–water partition coefficient (Wildman–Crippen LogP) is 21.9. The molecule has 72 heavy (non-hydrogen) atoms. The van der Waals surface area contributed by atoms with Crippen molar-refractivity contribution in [1.29, 1.82) is 0 Å². The molecule has 0 radical (unpaired) electrons. The number of aldehydes is 1. The van der Waals surface area contributed by atoms with Gasteiger partial charge >= 0.3 is 0 Å². The van der Waals surface area contributed by atoms with Crippen LogP contribution in [0.25, 0.3) is 0 Å². The number of carbonyl (C=O) groups excluding carboxylic acids is 4. The highest BCUT2D eigenvalue weighted by atomic mass is 16.2. The zero-order valence-corrected chi connectivity index (χ0v) is 48.2. The molecule has 2 unspecified atom stereocenters. The number of rotatable bonds is 57.